The monoisotopic (exact) mass is 3930 g/mol. The molecule has 504 valence electrons. The smallest absolute Gasteiger partial charge is 2.00 e. The first kappa shape index (κ1) is 2640. The van der Waals surface area contributed by atoms with Gasteiger partial charge in [0, 0.05) is 0 Å². The van der Waals surface area contributed by atoms with E-state index in [0.717, 1.165) is 0 Å². The quantitative estimate of drug-likeness (QED) is 0.204. The maximum Gasteiger partial charge on any atom is 4.00 e. The second kappa shape index (κ2) is 2590. The molecule has 0 aliphatic heterocycles. The molecule has 0 bridgehead atoms. The van der Waals surface area contributed by atoms with E-state index in [1.165, 1.54) is 0 Å². The molecule has 0 aromatic carbocycles. The van der Waals surface area contributed by atoms with Gasteiger partial charge in [-0.1, -0.05) is 0 Å². The molecule has 0 atom stereocenters. The molecule has 0 aromatic heterocycles. The molecule has 0 radical (unpaired) electrons. The van der Waals surface area contributed by atoms with Gasteiger partial charge in [0.1, 0.15) is 0 Å². The first-order valence-electron chi connectivity index (χ1n) is 0. The van der Waals surface area contributed by atoms with Crippen LogP contribution in [0.2, 0.25) is 0 Å². The maximum absolute atomic E-state index is 0. The molecule has 0 N–H and O–H groups in total. The summed E-state index contributed by atoms with van der Waals surface area (Å²) in [4.78, 5) is 0. The van der Waals surface area contributed by atoms with Crippen LogP contribution in [-0.2, 0) is 1670 Å². The zero-order valence-electron chi connectivity index (χ0n) is 56.2. The molecule has 0 spiro atoms. The Kier molecular flexibility index (Phi) is 55000. The van der Waals surface area contributed by atoms with Crippen LogP contribution in [0.3, 0.4) is 0 Å². The fourth-order valence-electron chi connectivity index (χ4n) is 0. The molecule has 0 amide bonds. The second-order valence-corrected chi connectivity index (χ2v) is 0. The summed E-state index contributed by atoms with van der Waals surface area (Å²) in [6.45, 7) is 0. The molecule has 124 heteroatoms. The van der Waals surface area contributed by atoms with Crippen molar-refractivity contribution in [3.05, 3.63) is 0 Å². The number of hydrogen-bond acceptors (Lipinski definition) is 0. The minimum atomic E-state index is 0. The zero-order valence-corrected chi connectivity index (χ0v) is 151. The summed E-state index contributed by atoms with van der Waals surface area (Å²) in [5.41, 5.74) is 0. The van der Waals surface area contributed by atoms with Gasteiger partial charge in [-0.2, -0.15) is 0 Å². The van der Waals surface area contributed by atoms with Crippen LogP contribution in [0.4, 0.5) is 0 Å². The number of rotatable bonds is 0. The van der Waals surface area contributed by atoms with Crippen LogP contribution < -0.4 is 0 Å². The van der Waals surface area contributed by atoms with Crippen molar-refractivity contribution in [1.29, 1.82) is 0 Å². The van der Waals surface area contributed by atoms with Crippen LogP contribution in [0, 0.1) is 0 Å². The van der Waals surface area contributed by atoms with E-state index in [1.807, 2.05) is 0 Å². The summed E-state index contributed by atoms with van der Waals surface area (Å²) >= 11 is 0. The third kappa shape index (κ3) is 2540. The molecule has 0 heterocycles. The van der Waals surface area contributed by atoms with Crippen molar-refractivity contribution in [2.75, 3.05) is 0 Å². The molecule has 0 saturated carbocycles. The molecule has 0 rings (SSSR count). The van der Waals surface area contributed by atoms with Crippen LogP contribution in [0.1, 0.15) is 0 Å². The van der Waals surface area contributed by atoms with Crippen molar-refractivity contribution in [3.8, 4) is 0 Å². The summed E-state index contributed by atoms with van der Waals surface area (Å²) in [7, 11) is 0. The Bertz CT molecular complexity index is 124. The largest absolute Gasteiger partial charge is 4.00 e. The normalized spacial score (nSPS) is 0. The van der Waals surface area contributed by atoms with E-state index in [-0.39, 0.29) is 1670 Å². The average Bonchev–Trinajstić information content (AvgIpc) is 0. The van der Waals surface area contributed by atoms with Crippen molar-refractivity contribution in [1.82, 2.24) is 0 Å². The van der Waals surface area contributed by atoms with Gasteiger partial charge in [0.05, 0.1) is 0 Å². The Morgan fingerprint density at radius 2 is 0.0161 bits per heavy atom. The summed E-state index contributed by atoms with van der Waals surface area (Å²) in [5.74, 6) is 0. The SMILES string of the molecule is [O-2].[O-2].[O-2].[O-2].[O-2].[O-2].[O-2].[O-2].[O-2].[O-2].[O-2].[O-2].[O-2].[O-2].[O-2].[O-2].[O-2].[O-2].[O-2].[O-2].[O-2].[O-2].[O-2].[O-2].[O-2].[O-2].[O-2].[O-2].[O-2].[O-2].[O-2].[O-2].[O-2].[O-2].[O-2].[O-2].[O-2].[O-2].[O-2].[O-2].[O-2].[O-2].[O-2].[O-2].[O-2].[O-2].[O-2].[O-2].[O-2].[O-2].[O-2].[O-2].[O-2].[O-2].[O-2].[O-2].[O-2].[O-2].[O-2].[O-2].[O-2].[O-2].[O-2].[Ti+4].[Ti+4].[Ti+4].[Ti+4].[Ti+4].[Ti+4].[Ti+4].[Ti+4].[Ti+4].[Ti+4].[Ti+4].[Ti+4].[Ti+4].[Ti+4].[Ti+4].[Ti+4].[Ti+4].[Ti+4].[Ti+4].[Ti+4].[Ti+4].[Ti+4].[Ti+4].[Ti+4].[Ti+4].[Ti+4].[Ti+4].[Ti+4].[Ti+4].[Ti+4].[Ti+4].[Ti+4].[Ti+4].[Ti+4].[Ti+4].[Ti+4].[Ti+4].[Ti+4].[Ti+4].[Ti+4].[Ti+4].[Ti+4].[Ti+4].[Ti+4].[Ti+4].[Ti+4].[Ti+4].[Ti+4].[Ti+4].[Ti+4].[Ti+4].[Ti+4].[Ti+4].[Ti+4].[Ti+4].[Ti+4].[Ti+4].[Ti+4].[Ti+4].[Ti+4].[Ti+4]. The summed E-state index contributed by atoms with van der Waals surface area (Å²) < 4.78 is 0. The zero-order chi connectivity index (χ0) is 0. The van der Waals surface area contributed by atoms with Crippen molar-refractivity contribution in [3.63, 3.8) is 0 Å². The van der Waals surface area contributed by atoms with Gasteiger partial charge in [-0.3, -0.25) is 0 Å². The van der Waals surface area contributed by atoms with Crippen molar-refractivity contribution >= 4 is 0 Å². The van der Waals surface area contributed by atoms with Crippen LogP contribution in [0.15, 0.2) is 0 Å². The predicted octanol–water partition coefficient (Wildman–Crippen LogP) is -7.64. The fourth-order valence-corrected chi connectivity index (χ4v) is 0. The molecular weight excluding hydrogens is 3930 g/mol. The van der Waals surface area contributed by atoms with Gasteiger partial charge >= 0.3 is 1320 Å². The van der Waals surface area contributed by atoms with E-state index >= 15 is 0 Å². The Balaban J connectivity index is 0. The van der Waals surface area contributed by atoms with Crippen LogP contribution >= 0.6 is 0 Å². The average molecular weight is 3930 g/mol. The first-order chi connectivity index (χ1) is 0. The fraction of sp³-hybridized carbons (Fsp3) is 0. The predicted molar refractivity (Wildman–Crippen MR) is 43.2 cm³/mol. The molecule has 0 aliphatic carbocycles. The number of hydrogen-bond donors (Lipinski definition) is 0. The molecule has 63 nitrogen and oxygen atoms in total. The van der Waals surface area contributed by atoms with E-state index in [4.69, 9.17) is 0 Å². The van der Waals surface area contributed by atoms with Crippen molar-refractivity contribution < 1.29 is 1670 Å². The van der Waals surface area contributed by atoms with Gasteiger partial charge in [0.15, 0.2) is 0 Å². The molecule has 0 aromatic rings. The summed E-state index contributed by atoms with van der Waals surface area (Å²) in [6, 6.07) is 0. The topological polar surface area (TPSA) is 1800 Å². The molecule has 0 unspecified atom stereocenters. The molecule has 0 fully saturated rings. The minimum Gasteiger partial charge on any atom is -2.00 e. The van der Waals surface area contributed by atoms with Gasteiger partial charge in [0.2, 0.25) is 0 Å². The van der Waals surface area contributed by atoms with Gasteiger partial charge in [-0.05, 0) is 0 Å². The van der Waals surface area contributed by atoms with E-state index in [1.54, 1.807) is 0 Å². The van der Waals surface area contributed by atoms with Gasteiger partial charge in [0.25, 0.3) is 0 Å². The van der Waals surface area contributed by atoms with E-state index in [9.17, 15) is 0 Å². The van der Waals surface area contributed by atoms with E-state index in [2.05, 4.69) is 0 Å². The molecule has 124 heavy (non-hydrogen) atoms. The van der Waals surface area contributed by atoms with Crippen molar-refractivity contribution in [2.45, 2.75) is 0 Å². The minimum absolute atomic E-state index is 0. The maximum atomic E-state index is 0. The van der Waals surface area contributed by atoms with Crippen molar-refractivity contribution in [2.24, 2.45) is 0 Å². The van der Waals surface area contributed by atoms with Crippen LogP contribution in [-0.4, -0.2) is 0 Å². The standard InChI is InChI=1S/63O.61Ti/q63*-2;61*+4. The van der Waals surface area contributed by atoms with E-state index in [0.29, 0.717) is 0 Å². The summed E-state index contributed by atoms with van der Waals surface area (Å²) in [5, 5.41) is 0. The molecular formula is O63Ti61+118. The Hall–Kier alpha value is 41.1. The molecule has 0 saturated heterocycles. The van der Waals surface area contributed by atoms with Gasteiger partial charge < -0.3 is 345 Å². The third-order valence-electron chi connectivity index (χ3n) is 0. The van der Waals surface area contributed by atoms with Gasteiger partial charge in [-0.15, -0.1) is 0 Å². The first-order valence-corrected chi connectivity index (χ1v) is 0. The van der Waals surface area contributed by atoms with Gasteiger partial charge in [-0.25, -0.2) is 0 Å². The van der Waals surface area contributed by atoms with E-state index < -0.39 is 0 Å². The Morgan fingerprint density at radius 3 is 0.0161 bits per heavy atom. The van der Waals surface area contributed by atoms with Crippen LogP contribution in [0.25, 0.3) is 0 Å². The van der Waals surface area contributed by atoms with Crippen LogP contribution in [0.5, 0.6) is 0 Å². The third-order valence-corrected chi connectivity index (χ3v) is 0. The Morgan fingerprint density at radius 1 is 0.0161 bits per heavy atom. The summed E-state index contributed by atoms with van der Waals surface area (Å²) in [6.07, 6.45) is 0. The second-order valence-electron chi connectivity index (χ2n) is 0. The Labute approximate surface area is 1630 Å². The molecule has 0 aliphatic rings.